The summed E-state index contributed by atoms with van der Waals surface area (Å²) in [7, 11) is 1.32. The number of aliphatic hydroxyl groups is 1. The molecule has 2 heterocycles. The summed E-state index contributed by atoms with van der Waals surface area (Å²) in [5.74, 6) is -0.404. The third-order valence-electron chi connectivity index (χ3n) is 5.50. The van der Waals surface area contributed by atoms with E-state index in [1.807, 2.05) is 0 Å². The Morgan fingerprint density at radius 1 is 1.23 bits per heavy atom. The van der Waals surface area contributed by atoms with E-state index in [4.69, 9.17) is 14.2 Å². The Hall–Kier alpha value is -3.17. The lowest BCUT2D eigenvalue weighted by molar-refractivity contribution is -0.156. The topological polar surface area (TPSA) is 106 Å². The van der Waals surface area contributed by atoms with Crippen LogP contribution in [0.1, 0.15) is 24.3 Å². The van der Waals surface area contributed by atoms with Crippen molar-refractivity contribution in [2.75, 3.05) is 24.4 Å². The first-order valence-corrected chi connectivity index (χ1v) is 9.94. The highest BCUT2D eigenvalue weighted by Crippen LogP contribution is 2.47. The summed E-state index contributed by atoms with van der Waals surface area (Å²) in [6.45, 7) is -0.247. The quantitative estimate of drug-likeness (QED) is 0.630. The summed E-state index contributed by atoms with van der Waals surface area (Å²) in [5.41, 5.74) is 1.43. The summed E-state index contributed by atoms with van der Waals surface area (Å²) in [5, 5.41) is 14.9. The summed E-state index contributed by atoms with van der Waals surface area (Å²) in [6.07, 6.45) is -0.804. The Kier molecular flexibility index (Phi) is 6.06. The number of nitrogens with one attached hydrogen (secondary N) is 2. The van der Waals surface area contributed by atoms with E-state index in [-0.39, 0.29) is 30.6 Å². The van der Waals surface area contributed by atoms with E-state index >= 15 is 0 Å². The number of urea groups is 1. The molecule has 9 heteroatoms. The molecule has 31 heavy (non-hydrogen) atoms. The lowest BCUT2D eigenvalue weighted by atomic mass is 9.84. The molecule has 2 aromatic rings. The van der Waals surface area contributed by atoms with Crippen LogP contribution in [0.4, 0.5) is 20.6 Å². The van der Waals surface area contributed by atoms with E-state index in [0.29, 0.717) is 17.9 Å². The minimum absolute atomic E-state index is 0.0745. The van der Waals surface area contributed by atoms with Gasteiger partial charge in [-0.05, 0) is 36.8 Å². The van der Waals surface area contributed by atoms with Crippen LogP contribution in [-0.4, -0.2) is 49.1 Å². The lowest BCUT2D eigenvalue weighted by Crippen LogP contribution is -2.46. The van der Waals surface area contributed by atoms with Gasteiger partial charge in [-0.15, -0.1) is 0 Å². The molecule has 2 aromatic carbocycles. The van der Waals surface area contributed by atoms with Gasteiger partial charge >= 0.3 is 12.0 Å². The molecular formula is C22H23FN2O6. The SMILES string of the molecule is COC(=O)C[C@@H]1C[C@H]2c3cc(NC(=O)Nc4ccccc4F)ccc3O[C@H]2[C@@H](CO)O1. The number of amides is 2. The Morgan fingerprint density at radius 3 is 2.77 bits per heavy atom. The maximum atomic E-state index is 13.8. The highest BCUT2D eigenvalue weighted by molar-refractivity contribution is 5.99. The van der Waals surface area contributed by atoms with Crippen LogP contribution in [0.5, 0.6) is 5.75 Å². The number of esters is 1. The van der Waals surface area contributed by atoms with Crippen molar-refractivity contribution in [2.24, 2.45) is 0 Å². The standard InChI is InChI=1S/C22H23FN2O6/c1-29-20(27)10-13-9-15-14-8-12(6-7-18(14)31-21(15)19(11-26)30-13)24-22(28)25-17-5-3-2-4-16(17)23/h2-8,13,15,19,21,26H,9-11H2,1H3,(H2,24,25,28)/t13-,15-,19+,21+/m0/s1. The van der Waals surface area contributed by atoms with Crippen molar-refractivity contribution in [1.82, 2.24) is 0 Å². The Balaban J connectivity index is 1.49. The fourth-order valence-electron chi connectivity index (χ4n) is 4.08. The van der Waals surface area contributed by atoms with Crippen LogP contribution < -0.4 is 15.4 Å². The Morgan fingerprint density at radius 2 is 2.03 bits per heavy atom. The number of carbonyl (C=O) groups excluding carboxylic acids is 2. The molecular weight excluding hydrogens is 407 g/mol. The first-order chi connectivity index (χ1) is 15.0. The Bertz CT molecular complexity index is 984. The second-order valence-corrected chi connectivity index (χ2v) is 7.50. The Labute approximate surface area is 178 Å². The van der Waals surface area contributed by atoms with E-state index in [1.54, 1.807) is 24.3 Å². The summed E-state index contributed by atoms with van der Waals surface area (Å²) in [6, 6.07) is 10.5. The fourth-order valence-corrected chi connectivity index (χ4v) is 4.08. The van der Waals surface area contributed by atoms with Gasteiger partial charge in [-0.25, -0.2) is 9.18 Å². The van der Waals surface area contributed by atoms with Crippen LogP contribution in [0.3, 0.4) is 0 Å². The second-order valence-electron chi connectivity index (χ2n) is 7.50. The van der Waals surface area contributed by atoms with Crippen LogP contribution in [0.2, 0.25) is 0 Å². The second kappa shape index (κ2) is 8.91. The largest absolute Gasteiger partial charge is 0.487 e. The van der Waals surface area contributed by atoms with Crippen LogP contribution in [0.15, 0.2) is 42.5 Å². The smallest absolute Gasteiger partial charge is 0.323 e. The van der Waals surface area contributed by atoms with Crippen molar-refractivity contribution in [3.05, 3.63) is 53.8 Å². The lowest BCUT2D eigenvalue weighted by Gasteiger charge is -2.36. The maximum Gasteiger partial charge on any atom is 0.323 e. The van der Waals surface area contributed by atoms with Crippen molar-refractivity contribution in [3.8, 4) is 5.75 Å². The van der Waals surface area contributed by atoms with Gasteiger partial charge in [-0.1, -0.05) is 12.1 Å². The zero-order chi connectivity index (χ0) is 22.0. The summed E-state index contributed by atoms with van der Waals surface area (Å²) in [4.78, 5) is 24.0. The predicted octanol–water partition coefficient (Wildman–Crippen LogP) is 3.03. The summed E-state index contributed by atoms with van der Waals surface area (Å²) >= 11 is 0. The molecule has 4 atom stereocenters. The number of halogens is 1. The van der Waals surface area contributed by atoms with Crippen LogP contribution in [0.25, 0.3) is 0 Å². The molecule has 164 valence electrons. The van der Waals surface area contributed by atoms with Gasteiger partial charge in [0, 0.05) is 17.2 Å². The van der Waals surface area contributed by atoms with Crippen LogP contribution in [-0.2, 0) is 14.3 Å². The van der Waals surface area contributed by atoms with E-state index in [1.165, 1.54) is 25.3 Å². The van der Waals surface area contributed by atoms with Gasteiger partial charge in [0.2, 0.25) is 0 Å². The zero-order valence-electron chi connectivity index (χ0n) is 16.8. The number of ether oxygens (including phenoxy) is 3. The number of hydrogen-bond acceptors (Lipinski definition) is 6. The number of hydrogen-bond donors (Lipinski definition) is 3. The minimum Gasteiger partial charge on any atom is -0.487 e. The molecule has 0 radical (unpaired) electrons. The summed E-state index contributed by atoms with van der Waals surface area (Å²) < 4.78 is 30.3. The van der Waals surface area contributed by atoms with Gasteiger partial charge in [0.1, 0.15) is 23.8 Å². The number of fused-ring (bicyclic) bond motifs is 3. The monoisotopic (exact) mass is 430 g/mol. The van der Waals surface area contributed by atoms with E-state index in [0.717, 1.165) is 5.56 Å². The molecule has 0 spiro atoms. The molecule has 0 unspecified atom stereocenters. The predicted molar refractivity (Wildman–Crippen MR) is 110 cm³/mol. The highest BCUT2D eigenvalue weighted by atomic mass is 19.1. The first-order valence-electron chi connectivity index (χ1n) is 9.94. The maximum absolute atomic E-state index is 13.8. The number of carbonyl (C=O) groups is 2. The third-order valence-corrected chi connectivity index (χ3v) is 5.50. The molecule has 1 fully saturated rings. The van der Waals surface area contributed by atoms with E-state index in [2.05, 4.69) is 10.6 Å². The molecule has 2 amide bonds. The van der Waals surface area contributed by atoms with Gasteiger partial charge in [0.25, 0.3) is 0 Å². The number of rotatable bonds is 5. The van der Waals surface area contributed by atoms with Crippen molar-refractivity contribution in [3.63, 3.8) is 0 Å². The average molecular weight is 430 g/mol. The van der Waals surface area contributed by atoms with E-state index < -0.39 is 30.2 Å². The molecule has 0 saturated carbocycles. The molecule has 0 bridgehead atoms. The first kappa shape index (κ1) is 21.1. The molecule has 0 aliphatic carbocycles. The molecule has 2 aliphatic heterocycles. The van der Waals surface area contributed by atoms with E-state index in [9.17, 15) is 19.1 Å². The average Bonchev–Trinajstić information content (AvgIpc) is 3.12. The molecule has 0 aromatic heterocycles. The van der Waals surface area contributed by atoms with Crippen LogP contribution >= 0.6 is 0 Å². The fraction of sp³-hybridized carbons (Fsp3) is 0.364. The molecule has 3 N–H and O–H groups in total. The van der Waals surface area contributed by atoms with Crippen LogP contribution in [0, 0.1) is 5.82 Å². The number of methoxy groups -OCH3 is 1. The van der Waals surface area contributed by atoms with Gasteiger partial charge in [0.15, 0.2) is 0 Å². The number of benzene rings is 2. The zero-order valence-corrected chi connectivity index (χ0v) is 16.8. The van der Waals surface area contributed by atoms with Crippen molar-refractivity contribution >= 4 is 23.4 Å². The normalized spacial score (nSPS) is 23.8. The van der Waals surface area contributed by atoms with Gasteiger partial charge in [-0.2, -0.15) is 0 Å². The van der Waals surface area contributed by atoms with Gasteiger partial charge in [-0.3, -0.25) is 4.79 Å². The number of aliphatic hydroxyl groups excluding tert-OH is 1. The molecule has 1 saturated heterocycles. The van der Waals surface area contributed by atoms with Gasteiger partial charge < -0.3 is 30.0 Å². The molecule has 8 nitrogen and oxygen atoms in total. The molecule has 2 aliphatic rings. The number of anilines is 2. The molecule has 4 rings (SSSR count). The minimum atomic E-state index is -0.582. The third kappa shape index (κ3) is 4.47. The van der Waals surface area contributed by atoms with Crippen molar-refractivity contribution < 1.29 is 33.3 Å². The van der Waals surface area contributed by atoms with Crippen molar-refractivity contribution in [1.29, 1.82) is 0 Å². The van der Waals surface area contributed by atoms with Gasteiger partial charge in [0.05, 0.1) is 31.9 Å². The highest BCUT2D eigenvalue weighted by Gasteiger charge is 2.46. The number of para-hydroxylation sites is 1. The van der Waals surface area contributed by atoms with Crippen molar-refractivity contribution in [2.45, 2.75) is 37.1 Å².